The van der Waals surface area contributed by atoms with Gasteiger partial charge in [0.25, 0.3) is 0 Å². The van der Waals surface area contributed by atoms with Crippen molar-refractivity contribution < 1.29 is 4.79 Å². The van der Waals surface area contributed by atoms with Crippen molar-refractivity contribution in [3.63, 3.8) is 0 Å². The molecule has 2 rings (SSSR count). The monoisotopic (exact) mass is 372 g/mol. The maximum absolute atomic E-state index is 11.8. The Hall–Kier alpha value is -1.10. The molecule has 1 aromatic heterocycles. The number of aromatic nitrogens is 1. The lowest BCUT2D eigenvalue weighted by atomic mass is 10.1. The average molecular weight is 374 g/mol. The van der Waals surface area contributed by atoms with E-state index in [2.05, 4.69) is 26.2 Å². The number of nitrogens with zero attached hydrogens (tertiary/aromatic N) is 1. The van der Waals surface area contributed by atoms with Crippen LogP contribution >= 0.6 is 39.1 Å². The van der Waals surface area contributed by atoms with Crippen LogP contribution in [0.25, 0.3) is 0 Å². The Labute approximate surface area is 135 Å². The van der Waals surface area contributed by atoms with Crippen LogP contribution in [0, 0.1) is 0 Å². The number of anilines is 1. The van der Waals surface area contributed by atoms with Crippen LogP contribution in [0.2, 0.25) is 10.0 Å². The van der Waals surface area contributed by atoms with Crippen LogP contribution in [0.5, 0.6) is 0 Å². The zero-order valence-electron chi connectivity index (χ0n) is 10.4. The first-order valence-electron chi connectivity index (χ1n) is 5.90. The van der Waals surface area contributed by atoms with Gasteiger partial charge in [-0.2, -0.15) is 0 Å². The fraction of sp³-hybridized carbons (Fsp3) is 0.143. The Balaban J connectivity index is 1.92. The summed E-state index contributed by atoms with van der Waals surface area (Å²) < 4.78 is 0.862. The predicted molar refractivity (Wildman–Crippen MR) is 85.3 cm³/mol. The summed E-state index contributed by atoms with van der Waals surface area (Å²) in [5.74, 6) is 0.409. The zero-order chi connectivity index (χ0) is 14.5. The van der Waals surface area contributed by atoms with Crippen molar-refractivity contribution >= 4 is 50.9 Å². The lowest BCUT2D eigenvalue weighted by molar-refractivity contribution is -0.116. The van der Waals surface area contributed by atoms with Crippen LogP contribution in [0.3, 0.4) is 0 Å². The van der Waals surface area contributed by atoms with Gasteiger partial charge >= 0.3 is 0 Å². The largest absolute Gasteiger partial charge is 0.311 e. The number of halogens is 3. The number of amides is 1. The van der Waals surface area contributed by atoms with E-state index in [4.69, 9.17) is 23.2 Å². The van der Waals surface area contributed by atoms with Gasteiger partial charge in [0.1, 0.15) is 5.82 Å². The minimum Gasteiger partial charge on any atom is -0.311 e. The van der Waals surface area contributed by atoms with Crippen molar-refractivity contribution in [3.8, 4) is 0 Å². The number of benzene rings is 1. The third kappa shape index (κ3) is 4.20. The Morgan fingerprint density at radius 2 is 2.05 bits per heavy atom. The first kappa shape index (κ1) is 15.3. The second-order valence-corrected chi connectivity index (χ2v) is 5.82. The van der Waals surface area contributed by atoms with Crippen LogP contribution in [0.15, 0.2) is 41.0 Å². The average Bonchev–Trinajstić information content (AvgIpc) is 2.43. The molecule has 0 fully saturated rings. The summed E-state index contributed by atoms with van der Waals surface area (Å²) >= 11 is 15.3. The molecule has 6 heteroatoms. The van der Waals surface area contributed by atoms with Gasteiger partial charge in [-0.25, -0.2) is 4.98 Å². The molecule has 0 atom stereocenters. The number of carbonyl (C=O) groups excluding carboxylic acids is 1. The second kappa shape index (κ2) is 7.07. The van der Waals surface area contributed by atoms with Crippen molar-refractivity contribution in [2.45, 2.75) is 12.8 Å². The van der Waals surface area contributed by atoms with Crippen molar-refractivity contribution in [3.05, 3.63) is 56.6 Å². The molecule has 0 aliphatic carbocycles. The van der Waals surface area contributed by atoms with E-state index in [-0.39, 0.29) is 5.91 Å². The molecular weight excluding hydrogens is 363 g/mol. The van der Waals surface area contributed by atoms with Crippen LogP contribution in [-0.2, 0) is 11.2 Å². The highest BCUT2D eigenvalue weighted by atomic mass is 79.9. The Morgan fingerprint density at radius 3 is 2.75 bits per heavy atom. The minimum atomic E-state index is -0.115. The molecular formula is C14H11BrCl2N2O. The summed E-state index contributed by atoms with van der Waals surface area (Å²) in [6, 6.07) is 8.95. The maximum Gasteiger partial charge on any atom is 0.225 e. The topological polar surface area (TPSA) is 42.0 Å². The lowest BCUT2D eigenvalue weighted by Crippen LogP contribution is -2.13. The van der Waals surface area contributed by atoms with Gasteiger partial charge < -0.3 is 5.32 Å². The molecule has 1 N–H and O–H groups in total. The molecule has 0 unspecified atom stereocenters. The fourth-order valence-corrected chi connectivity index (χ4v) is 2.29. The summed E-state index contributed by atoms with van der Waals surface area (Å²) in [6.07, 6.45) is 2.48. The van der Waals surface area contributed by atoms with Gasteiger partial charge in [-0.3, -0.25) is 4.79 Å². The molecule has 0 bridgehead atoms. The zero-order valence-corrected chi connectivity index (χ0v) is 13.5. The van der Waals surface area contributed by atoms with E-state index in [0.29, 0.717) is 28.7 Å². The molecule has 20 heavy (non-hydrogen) atoms. The normalized spacial score (nSPS) is 10.3. The molecule has 3 nitrogen and oxygen atoms in total. The Kier molecular flexibility index (Phi) is 5.40. The number of hydrogen-bond donors (Lipinski definition) is 1. The minimum absolute atomic E-state index is 0.115. The van der Waals surface area contributed by atoms with Gasteiger partial charge in [-0.05, 0) is 46.1 Å². The molecule has 0 aliphatic rings. The number of pyridine rings is 1. The summed E-state index contributed by atoms with van der Waals surface area (Å²) in [7, 11) is 0. The molecule has 0 saturated heterocycles. The molecule has 0 radical (unpaired) electrons. The van der Waals surface area contributed by atoms with E-state index in [1.165, 1.54) is 0 Å². The van der Waals surface area contributed by atoms with Crippen molar-refractivity contribution in [1.29, 1.82) is 0 Å². The van der Waals surface area contributed by atoms with Gasteiger partial charge in [-0.15, -0.1) is 0 Å². The number of hydrogen-bond acceptors (Lipinski definition) is 2. The van der Waals surface area contributed by atoms with Gasteiger partial charge in [0.05, 0.1) is 10.0 Å². The Morgan fingerprint density at radius 1 is 1.25 bits per heavy atom. The van der Waals surface area contributed by atoms with Crippen LogP contribution in [0.1, 0.15) is 12.0 Å². The highest BCUT2D eigenvalue weighted by Gasteiger charge is 2.08. The van der Waals surface area contributed by atoms with Crippen LogP contribution in [-0.4, -0.2) is 10.9 Å². The molecule has 0 aliphatic heterocycles. The summed E-state index contributed by atoms with van der Waals surface area (Å²) in [5.41, 5.74) is 0.859. The fourth-order valence-electron chi connectivity index (χ4n) is 1.64. The van der Waals surface area contributed by atoms with E-state index in [1.807, 2.05) is 18.2 Å². The molecule has 0 spiro atoms. The van der Waals surface area contributed by atoms with Crippen molar-refractivity contribution in [1.82, 2.24) is 4.98 Å². The molecule has 104 valence electrons. The number of rotatable bonds is 4. The van der Waals surface area contributed by atoms with Crippen molar-refractivity contribution in [2.24, 2.45) is 0 Å². The van der Waals surface area contributed by atoms with E-state index in [1.54, 1.807) is 18.3 Å². The Bertz CT molecular complexity index is 617. The van der Waals surface area contributed by atoms with E-state index < -0.39 is 0 Å². The van der Waals surface area contributed by atoms with E-state index in [9.17, 15) is 4.79 Å². The summed E-state index contributed by atoms with van der Waals surface area (Å²) in [4.78, 5) is 15.9. The van der Waals surface area contributed by atoms with Gasteiger partial charge in [-0.1, -0.05) is 35.3 Å². The predicted octanol–water partition coefficient (Wildman–Crippen LogP) is 4.72. The van der Waals surface area contributed by atoms with Gasteiger partial charge in [0.15, 0.2) is 0 Å². The third-order valence-corrected chi connectivity index (χ3v) is 3.97. The molecule has 1 heterocycles. The number of carbonyl (C=O) groups is 1. The van der Waals surface area contributed by atoms with Gasteiger partial charge in [0.2, 0.25) is 5.91 Å². The van der Waals surface area contributed by atoms with Crippen LogP contribution < -0.4 is 5.32 Å². The van der Waals surface area contributed by atoms with Crippen LogP contribution in [0.4, 0.5) is 5.82 Å². The van der Waals surface area contributed by atoms with Gasteiger partial charge in [0, 0.05) is 17.1 Å². The summed E-state index contributed by atoms with van der Waals surface area (Å²) in [5, 5.41) is 3.73. The highest BCUT2D eigenvalue weighted by molar-refractivity contribution is 9.10. The molecule has 1 aromatic carbocycles. The van der Waals surface area contributed by atoms with Crippen molar-refractivity contribution in [2.75, 3.05) is 5.32 Å². The second-order valence-electron chi connectivity index (χ2n) is 4.12. The molecule has 1 amide bonds. The number of aryl methyl sites for hydroxylation is 1. The lowest BCUT2D eigenvalue weighted by Gasteiger charge is -2.06. The SMILES string of the molecule is O=C(CCc1cccc(Cl)c1Cl)Nc1ccc(Br)cn1. The quantitative estimate of drug-likeness (QED) is 0.842. The van der Waals surface area contributed by atoms with E-state index >= 15 is 0 Å². The summed E-state index contributed by atoms with van der Waals surface area (Å²) in [6.45, 7) is 0. The molecule has 2 aromatic rings. The maximum atomic E-state index is 11.8. The smallest absolute Gasteiger partial charge is 0.225 e. The third-order valence-electron chi connectivity index (χ3n) is 2.65. The highest BCUT2D eigenvalue weighted by Crippen LogP contribution is 2.26. The van der Waals surface area contributed by atoms with E-state index in [0.717, 1.165) is 10.0 Å². The standard InChI is InChI=1S/C14H11BrCl2N2O/c15-10-5-6-12(18-8-10)19-13(20)7-4-9-2-1-3-11(16)14(9)17/h1-3,5-6,8H,4,7H2,(H,18,19,20). The number of nitrogens with one attached hydrogen (secondary N) is 1. The molecule has 0 saturated carbocycles. The first-order valence-corrected chi connectivity index (χ1v) is 7.45. The first-order chi connectivity index (χ1) is 9.56.